The molecule has 1 amide bonds. The number of hydrogen-bond donors (Lipinski definition) is 1. The quantitative estimate of drug-likeness (QED) is 0.695. The maximum Gasteiger partial charge on any atom is 0.262 e. The van der Waals surface area contributed by atoms with Crippen LogP contribution >= 0.6 is 0 Å². The Morgan fingerprint density at radius 3 is 2.36 bits per heavy atom. The standard InChI is InChI=1S/C22H21NO2/c1-2-17-10-6-8-14-20(17)23-22(24)16-25-21-15-9-7-13-19(21)18-11-4-3-5-12-18/h3-15H,2,16H2,1H3,(H,23,24). The highest BCUT2D eigenvalue weighted by Gasteiger charge is 2.09. The van der Waals surface area contributed by atoms with Crippen LogP contribution in [0.1, 0.15) is 12.5 Å². The number of ether oxygens (including phenoxy) is 1. The fourth-order valence-electron chi connectivity index (χ4n) is 2.73. The van der Waals surface area contributed by atoms with E-state index in [4.69, 9.17) is 4.74 Å². The van der Waals surface area contributed by atoms with Gasteiger partial charge in [-0.2, -0.15) is 0 Å². The molecule has 0 heterocycles. The molecule has 0 aliphatic rings. The first-order valence-electron chi connectivity index (χ1n) is 8.43. The Balaban J connectivity index is 1.69. The summed E-state index contributed by atoms with van der Waals surface area (Å²) >= 11 is 0. The van der Waals surface area contributed by atoms with Gasteiger partial charge in [-0.3, -0.25) is 4.79 Å². The van der Waals surface area contributed by atoms with Gasteiger partial charge >= 0.3 is 0 Å². The molecule has 1 N–H and O–H groups in total. The first kappa shape index (κ1) is 16.8. The largest absolute Gasteiger partial charge is 0.483 e. The van der Waals surface area contributed by atoms with E-state index >= 15 is 0 Å². The van der Waals surface area contributed by atoms with Crippen LogP contribution in [0.2, 0.25) is 0 Å². The van der Waals surface area contributed by atoms with Crippen molar-refractivity contribution < 1.29 is 9.53 Å². The molecule has 3 heteroatoms. The van der Waals surface area contributed by atoms with Gasteiger partial charge in [0, 0.05) is 11.3 Å². The zero-order chi connectivity index (χ0) is 17.5. The highest BCUT2D eigenvalue weighted by molar-refractivity contribution is 5.92. The van der Waals surface area contributed by atoms with E-state index in [0.717, 1.165) is 28.8 Å². The average Bonchev–Trinajstić information content (AvgIpc) is 2.68. The van der Waals surface area contributed by atoms with Crippen molar-refractivity contribution in [1.82, 2.24) is 0 Å². The van der Waals surface area contributed by atoms with Crippen LogP contribution < -0.4 is 10.1 Å². The number of aryl methyl sites for hydroxylation is 1. The molecule has 0 aromatic heterocycles. The minimum Gasteiger partial charge on any atom is -0.483 e. The molecule has 0 spiro atoms. The molecule has 0 bridgehead atoms. The second-order valence-corrected chi connectivity index (χ2v) is 5.71. The Hall–Kier alpha value is -3.07. The fraction of sp³-hybridized carbons (Fsp3) is 0.136. The Labute approximate surface area is 148 Å². The zero-order valence-electron chi connectivity index (χ0n) is 14.2. The summed E-state index contributed by atoms with van der Waals surface area (Å²) in [7, 11) is 0. The number of benzene rings is 3. The first-order valence-corrected chi connectivity index (χ1v) is 8.43. The molecular formula is C22H21NO2. The lowest BCUT2D eigenvalue weighted by molar-refractivity contribution is -0.118. The predicted octanol–water partition coefficient (Wildman–Crippen LogP) is 4.93. The Morgan fingerprint density at radius 2 is 1.56 bits per heavy atom. The third kappa shape index (κ3) is 4.27. The lowest BCUT2D eigenvalue weighted by Crippen LogP contribution is -2.21. The van der Waals surface area contributed by atoms with Crippen LogP contribution in [0.15, 0.2) is 78.9 Å². The van der Waals surface area contributed by atoms with E-state index in [1.807, 2.05) is 78.9 Å². The van der Waals surface area contributed by atoms with Crippen LogP contribution in [0, 0.1) is 0 Å². The Morgan fingerprint density at radius 1 is 0.880 bits per heavy atom. The van der Waals surface area contributed by atoms with Gasteiger partial charge in [0.1, 0.15) is 5.75 Å². The normalized spacial score (nSPS) is 10.3. The molecule has 0 radical (unpaired) electrons. The number of carbonyl (C=O) groups is 1. The van der Waals surface area contributed by atoms with E-state index in [0.29, 0.717) is 5.75 Å². The Kier molecular flexibility index (Phi) is 5.47. The third-order valence-electron chi connectivity index (χ3n) is 4.00. The molecule has 0 aliphatic carbocycles. The number of hydrogen-bond acceptors (Lipinski definition) is 2. The van der Waals surface area contributed by atoms with Crippen molar-refractivity contribution in [1.29, 1.82) is 0 Å². The van der Waals surface area contributed by atoms with Crippen molar-refractivity contribution in [3.05, 3.63) is 84.4 Å². The summed E-state index contributed by atoms with van der Waals surface area (Å²) in [4.78, 5) is 12.3. The van der Waals surface area contributed by atoms with Crippen LogP contribution in [-0.4, -0.2) is 12.5 Å². The lowest BCUT2D eigenvalue weighted by Gasteiger charge is -2.13. The third-order valence-corrected chi connectivity index (χ3v) is 4.00. The van der Waals surface area contributed by atoms with Crippen LogP contribution in [0.4, 0.5) is 5.69 Å². The second-order valence-electron chi connectivity index (χ2n) is 5.71. The number of rotatable bonds is 6. The van der Waals surface area contributed by atoms with Gasteiger partial charge in [0.05, 0.1) is 0 Å². The van der Waals surface area contributed by atoms with Crippen molar-refractivity contribution in [3.63, 3.8) is 0 Å². The summed E-state index contributed by atoms with van der Waals surface area (Å²) in [6.07, 6.45) is 0.869. The van der Waals surface area contributed by atoms with Gasteiger partial charge in [-0.25, -0.2) is 0 Å². The summed E-state index contributed by atoms with van der Waals surface area (Å²) in [5.41, 5.74) is 4.00. The monoisotopic (exact) mass is 331 g/mol. The average molecular weight is 331 g/mol. The number of nitrogens with one attached hydrogen (secondary N) is 1. The SMILES string of the molecule is CCc1ccccc1NC(=O)COc1ccccc1-c1ccccc1. The van der Waals surface area contributed by atoms with Crippen LogP contribution in [0.3, 0.4) is 0 Å². The summed E-state index contributed by atoms with van der Waals surface area (Å²) in [6.45, 7) is 2.04. The van der Waals surface area contributed by atoms with Gasteiger partial charge in [0.15, 0.2) is 6.61 Å². The lowest BCUT2D eigenvalue weighted by atomic mass is 10.1. The molecule has 0 fully saturated rings. The minimum atomic E-state index is -0.163. The van der Waals surface area contributed by atoms with Gasteiger partial charge in [-0.15, -0.1) is 0 Å². The molecule has 25 heavy (non-hydrogen) atoms. The van der Waals surface area contributed by atoms with Gasteiger partial charge in [0.2, 0.25) is 0 Å². The maximum absolute atomic E-state index is 12.3. The molecule has 3 rings (SSSR count). The topological polar surface area (TPSA) is 38.3 Å². The summed E-state index contributed by atoms with van der Waals surface area (Å²) < 4.78 is 5.79. The number of para-hydroxylation sites is 2. The highest BCUT2D eigenvalue weighted by Crippen LogP contribution is 2.29. The second kappa shape index (κ2) is 8.15. The summed E-state index contributed by atoms with van der Waals surface area (Å²) in [6, 6.07) is 25.6. The number of anilines is 1. The van der Waals surface area contributed by atoms with Crippen LogP contribution in [0.25, 0.3) is 11.1 Å². The van der Waals surface area contributed by atoms with E-state index in [-0.39, 0.29) is 12.5 Å². The van der Waals surface area contributed by atoms with Crippen LogP contribution in [0.5, 0.6) is 5.75 Å². The molecule has 3 aromatic rings. The minimum absolute atomic E-state index is 0.0259. The first-order chi connectivity index (χ1) is 12.3. The molecule has 0 unspecified atom stereocenters. The van der Waals surface area contributed by atoms with Gasteiger partial charge in [0.25, 0.3) is 5.91 Å². The van der Waals surface area contributed by atoms with Crippen molar-refractivity contribution in [2.75, 3.05) is 11.9 Å². The molecular weight excluding hydrogens is 310 g/mol. The van der Waals surface area contributed by atoms with E-state index < -0.39 is 0 Å². The smallest absolute Gasteiger partial charge is 0.262 e. The molecule has 0 saturated heterocycles. The van der Waals surface area contributed by atoms with E-state index in [9.17, 15) is 4.79 Å². The maximum atomic E-state index is 12.3. The molecule has 0 saturated carbocycles. The van der Waals surface area contributed by atoms with Crippen molar-refractivity contribution in [2.24, 2.45) is 0 Å². The zero-order valence-corrected chi connectivity index (χ0v) is 14.2. The highest BCUT2D eigenvalue weighted by atomic mass is 16.5. The van der Waals surface area contributed by atoms with E-state index in [1.165, 1.54) is 0 Å². The molecule has 0 atom stereocenters. The Bertz CT molecular complexity index is 843. The molecule has 126 valence electrons. The number of carbonyl (C=O) groups excluding carboxylic acids is 1. The van der Waals surface area contributed by atoms with Crippen molar-refractivity contribution >= 4 is 11.6 Å². The van der Waals surface area contributed by atoms with Crippen molar-refractivity contribution in [3.8, 4) is 16.9 Å². The van der Waals surface area contributed by atoms with E-state index in [1.54, 1.807) is 0 Å². The van der Waals surface area contributed by atoms with Crippen molar-refractivity contribution in [2.45, 2.75) is 13.3 Å². The van der Waals surface area contributed by atoms with Gasteiger partial charge in [-0.1, -0.05) is 73.7 Å². The van der Waals surface area contributed by atoms with Gasteiger partial charge in [-0.05, 0) is 29.7 Å². The summed E-state index contributed by atoms with van der Waals surface area (Å²) in [5.74, 6) is 0.538. The fourth-order valence-corrected chi connectivity index (χ4v) is 2.73. The van der Waals surface area contributed by atoms with Gasteiger partial charge < -0.3 is 10.1 Å². The summed E-state index contributed by atoms with van der Waals surface area (Å²) in [5, 5.41) is 2.93. The number of amides is 1. The predicted molar refractivity (Wildman–Crippen MR) is 102 cm³/mol. The molecule has 3 nitrogen and oxygen atoms in total. The molecule has 3 aromatic carbocycles. The van der Waals surface area contributed by atoms with Crippen LogP contribution in [-0.2, 0) is 11.2 Å². The van der Waals surface area contributed by atoms with E-state index in [2.05, 4.69) is 12.2 Å². The molecule has 0 aliphatic heterocycles.